The van der Waals surface area contributed by atoms with Crippen LogP contribution in [0.15, 0.2) is 47.4 Å². The van der Waals surface area contributed by atoms with Crippen molar-refractivity contribution in [3.63, 3.8) is 0 Å². The van der Waals surface area contributed by atoms with Crippen LogP contribution in [0.4, 0.5) is 14.5 Å². The van der Waals surface area contributed by atoms with E-state index in [1.54, 1.807) is 12.1 Å². The molecule has 2 rings (SSSR count). The van der Waals surface area contributed by atoms with Crippen molar-refractivity contribution in [2.24, 2.45) is 0 Å². The molecule has 7 nitrogen and oxygen atoms in total. The zero-order chi connectivity index (χ0) is 24.1. The lowest BCUT2D eigenvalue weighted by molar-refractivity contribution is -0.121. The Morgan fingerprint density at radius 2 is 1.62 bits per heavy atom. The topological polar surface area (TPSA) is 101 Å². The fourth-order valence-electron chi connectivity index (χ4n) is 3.14. The highest BCUT2D eigenvalue weighted by molar-refractivity contribution is 7.92. The number of amides is 1. The van der Waals surface area contributed by atoms with Crippen molar-refractivity contribution in [1.82, 2.24) is 5.32 Å². The lowest BCUT2D eigenvalue weighted by Crippen LogP contribution is -2.33. The number of carbonyl (C=O) groups is 1. The predicted molar refractivity (Wildman–Crippen MR) is 119 cm³/mol. The van der Waals surface area contributed by atoms with Gasteiger partial charge in [-0.2, -0.15) is 0 Å². The minimum absolute atomic E-state index is 0.00756. The van der Waals surface area contributed by atoms with Crippen LogP contribution in [0.5, 0.6) is 0 Å². The molecule has 2 aromatic carbocycles. The highest BCUT2D eigenvalue weighted by atomic mass is 32.2. The van der Waals surface area contributed by atoms with Crippen LogP contribution < -0.4 is 9.62 Å². The summed E-state index contributed by atoms with van der Waals surface area (Å²) in [4.78, 5) is 12.6. The van der Waals surface area contributed by atoms with Gasteiger partial charge in [0.1, 0.15) is 0 Å². The van der Waals surface area contributed by atoms with Gasteiger partial charge in [-0.15, -0.1) is 0 Å². The monoisotopic (exact) mass is 488 g/mol. The second-order valence-electron chi connectivity index (χ2n) is 7.41. The molecule has 1 N–H and O–H groups in total. The summed E-state index contributed by atoms with van der Waals surface area (Å²) >= 11 is 0. The Labute approximate surface area is 187 Å². The average molecular weight is 489 g/mol. The van der Waals surface area contributed by atoms with E-state index in [1.807, 2.05) is 6.92 Å². The zero-order valence-corrected chi connectivity index (χ0v) is 19.6. The van der Waals surface area contributed by atoms with Gasteiger partial charge in [-0.1, -0.05) is 19.1 Å². The number of sulfone groups is 1. The fourth-order valence-corrected chi connectivity index (χ4v) is 4.73. The minimum Gasteiger partial charge on any atom is -0.349 e. The number of hydrogen-bond acceptors (Lipinski definition) is 5. The Kier molecular flexibility index (Phi) is 8.35. The highest BCUT2D eigenvalue weighted by Gasteiger charge is 2.20. The first-order chi connectivity index (χ1) is 14.8. The summed E-state index contributed by atoms with van der Waals surface area (Å²) in [6.45, 7) is 1.78. The number of rotatable bonds is 10. The number of nitrogens with one attached hydrogen (secondary N) is 1. The van der Waals surface area contributed by atoms with E-state index in [2.05, 4.69) is 5.32 Å². The molecule has 0 aliphatic carbocycles. The van der Waals surface area contributed by atoms with Crippen LogP contribution in [0.1, 0.15) is 37.8 Å². The Morgan fingerprint density at radius 1 is 1.00 bits per heavy atom. The van der Waals surface area contributed by atoms with Crippen molar-refractivity contribution in [3.05, 3.63) is 59.7 Å². The molecule has 0 spiro atoms. The van der Waals surface area contributed by atoms with Crippen LogP contribution in [0, 0.1) is 11.6 Å². The number of sulfonamides is 1. The molecule has 2 aromatic rings. The average Bonchev–Trinajstić information content (AvgIpc) is 2.70. The molecular formula is C21H26F2N2O5S2. The molecule has 0 fully saturated rings. The van der Waals surface area contributed by atoms with Gasteiger partial charge >= 0.3 is 0 Å². The van der Waals surface area contributed by atoms with E-state index in [9.17, 15) is 30.4 Å². The third kappa shape index (κ3) is 6.99. The molecule has 0 heterocycles. The van der Waals surface area contributed by atoms with Crippen molar-refractivity contribution < 1.29 is 30.4 Å². The largest absolute Gasteiger partial charge is 0.349 e. The smallest absolute Gasteiger partial charge is 0.232 e. The van der Waals surface area contributed by atoms with E-state index in [0.29, 0.717) is 6.42 Å². The molecule has 0 bridgehead atoms. The molecule has 0 aliphatic rings. The van der Waals surface area contributed by atoms with Gasteiger partial charge in [-0.25, -0.2) is 25.6 Å². The number of anilines is 1. The van der Waals surface area contributed by atoms with Crippen molar-refractivity contribution in [2.45, 2.75) is 37.1 Å². The second kappa shape index (κ2) is 10.4. The van der Waals surface area contributed by atoms with E-state index in [4.69, 9.17) is 0 Å². The van der Waals surface area contributed by atoms with Crippen LogP contribution in [-0.2, 0) is 24.7 Å². The molecule has 0 saturated heterocycles. The Hall–Kier alpha value is -2.53. The quantitative estimate of drug-likeness (QED) is 0.554. The van der Waals surface area contributed by atoms with Crippen molar-refractivity contribution in [1.29, 1.82) is 0 Å². The normalized spacial score (nSPS) is 12.9. The molecule has 1 atom stereocenters. The molecule has 11 heteroatoms. The van der Waals surface area contributed by atoms with E-state index in [1.165, 1.54) is 12.1 Å². The van der Waals surface area contributed by atoms with E-state index in [-0.39, 0.29) is 41.9 Å². The Bertz CT molecular complexity index is 1170. The van der Waals surface area contributed by atoms with Crippen molar-refractivity contribution in [2.75, 3.05) is 23.4 Å². The third-order valence-corrected chi connectivity index (χ3v) is 7.13. The summed E-state index contributed by atoms with van der Waals surface area (Å²) in [5, 5.41) is 2.84. The first-order valence-corrected chi connectivity index (χ1v) is 13.6. The maximum Gasteiger partial charge on any atom is 0.232 e. The highest BCUT2D eigenvalue weighted by Crippen LogP contribution is 2.22. The lowest BCUT2D eigenvalue weighted by Gasteiger charge is -2.23. The number of halogens is 2. The lowest BCUT2D eigenvalue weighted by atomic mass is 10.0. The molecule has 0 radical (unpaired) electrons. The summed E-state index contributed by atoms with van der Waals surface area (Å²) in [5.74, 6) is -2.57. The number of nitrogens with zero attached hydrogens (tertiary/aromatic N) is 1. The summed E-state index contributed by atoms with van der Waals surface area (Å²) < 4.78 is 74.9. The summed E-state index contributed by atoms with van der Waals surface area (Å²) in [6, 6.07) is 8.69. The van der Waals surface area contributed by atoms with Crippen LogP contribution in [0.3, 0.4) is 0 Å². The van der Waals surface area contributed by atoms with Gasteiger partial charge in [-0.05, 0) is 42.7 Å². The molecule has 1 amide bonds. The van der Waals surface area contributed by atoms with Crippen LogP contribution >= 0.6 is 0 Å². The molecule has 0 saturated carbocycles. The number of carbonyl (C=O) groups excluding carboxylic acids is 1. The molecule has 32 heavy (non-hydrogen) atoms. The van der Waals surface area contributed by atoms with Gasteiger partial charge in [0.25, 0.3) is 0 Å². The molecular weight excluding hydrogens is 462 g/mol. The zero-order valence-electron chi connectivity index (χ0n) is 18.0. The first-order valence-electron chi connectivity index (χ1n) is 9.85. The van der Waals surface area contributed by atoms with Gasteiger partial charge < -0.3 is 5.32 Å². The molecule has 0 unspecified atom stereocenters. The summed E-state index contributed by atoms with van der Waals surface area (Å²) in [5.41, 5.74) is 0.719. The molecule has 0 aromatic heterocycles. The van der Waals surface area contributed by atoms with Crippen molar-refractivity contribution >= 4 is 31.5 Å². The fraction of sp³-hybridized carbons (Fsp3) is 0.381. The summed E-state index contributed by atoms with van der Waals surface area (Å²) in [6.07, 6.45) is 2.78. The van der Waals surface area contributed by atoms with E-state index in [0.717, 1.165) is 40.6 Å². The van der Waals surface area contributed by atoms with Crippen LogP contribution in [0.25, 0.3) is 0 Å². The van der Waals surface area contributed by atoms with Gasteiger partial charge in [0.2, 0.25) is 15.9 Å². The first kappa shape index (κ1) is 25.7. The van der Waals surface area contributed by atoms with Crippen LogP contribution in [-0.4, -0.2) is 41.8 Å². The number of benzene rings is 2. The third-order valence-electron chi connectivity index (χ3n) is 4.81. The maximum absolute atomic E-state index is 13.5. The van der Waals surface area contributed by atoms with Crippen molar-refractivity contribution in [3.8, 4) is 0 Å². The Morgan fingerprint density at radius 3 is 2.12 bits per heavy atom. The van der Waals surface area contributed by atoms with Gasteiger partial charge in [0, 0.05) is 25.3 Å². The standard InChI is InChI=1S/C21H26F2N2O5S2/c1-4-20(15-7-10-17(11-8-15)31(2,27)28)24-21(26)6-5-13-25(32(3,29)30)16-9-12-18(22)19(23)14-16/h7-12,14,20H,4-6,13H2,1-3H3,(H,24,26)/t20-/m0/s1. The van der Waals surface area contributed by atoms with Gasteiger partial charge in [0.05, 0.1) is 22.9 Å². The maximum atomic E-state index is 13.5. The van der Waals surface area contributed by atoms with E-state index >= 15 is 0 Å². The molecule has 0 aliphatic heterocycles. The van der Waals surface area contributed by atoms with E-state index < -0.39 is 31.5 Å². The molecule has 176 valence electrons. The van der Waals surface area contributed by atoms with Crippen LogP contribution in [0.2, 0.25) is 0 Å². The number of hydrogen-bond donors (Lipinski definition) is 1. The predicted octanol–water partition coefficient (Wildman–Crippen LogP) is 3.18. The summed E-state index contributed by atoms with van der Waals surface area (Å²) in [7, 11) is -7.09. The van der Waals surface area contributed by atoms with Gasteiger partial charge in [0.15, 0.2) is 21.5 Å². The van der Waals surface area contributed by atoms with Gasteiger partial charge in [-0.3, -0.25) is 9.10 Å². The minimum atomic E-state index is -3.77. The Balaban J connectivity index is 2.01. The second-order valence-corrected chi connectivity index (χ2v) is 11.3. The SMILES string of the molecule is CC[C@H](NC(=O)CCCN(c1ccc(F)c(F)c1)S(C)(=O)=O)c1ccc(S(C)(=O)=O)cc1.